The maximum atomic E-state index is 3.60. The summed E-state index contributed by atoms with van der Waals surface area (Å²) in [6.07, 6.45) is 2.78. The Kier molecular flexibility index (Phi) is 5.62. The van der Waals surface area contributed by atoms with Crippen molar-refractivity contribution in [2.75, 3.05) is 26.2 Å². The number of nitrogens with zero attached hydrogens (tertiary/aromatic N) is 1. The standard InChI is InChI=1S/C13H28N2/c1-11(2)13(4)14-7-10-15-8-5-12(3)6-9-15/h11-14H,5-10H2,1-4H3. The molecule has 1 N–H and O–H groups in total. The van der Waals surface area contributed by atoms with Crippen LogP contribution in [0.4, 0.5) is 0 Å². The van der Waals surface area contributed by atoms with Gasteiger partial charge in [0.25, 0.3) is 0 Å². The lowest BCUT2D eigenvalue weighted by atomic mass is 9.99. The van der Waals surface area contributed by atoms with Crippen molar-refractivity contribution in [3.05, 3.63) is 0 Å². The number of hydrogen-bond donors (Lipinski definition) is 1. The molecular weight excluding hydrogens is 184 g/mol. The van der Waals surface area contributed by atoms with Crippen molar-refractivity contribution in [1.29, 1.82) is 0 Å². The quantitative estimate of drug-likeness (QED) is 0.752. The van der Waals surface area contributed by atoms with Gasteiger partial charge in [0.1, 0.15) is 0 Å². The Morgan fingerprint density at radius 2 is 1.80 bits per heavy atom. The second kappa shape index (κ2) is 6.49. The zero-order valence-corrected chi connectivity index (χ0v) is 10.9. The van der Waals surface area contributed by atoms with Gasteiger partial charge >= 0.3 is 0 Å². The molecule has 15 heavy (non-hydrogen) atoms. The molecule has 2 heteroatoms. The molecule has 1 atom stereocenters. The maximum absolute atomic E-state index is 3.60. The lowest BCUT2D eigenvalue weighted by Gasteiger charge is -2.30. The highest BCUT2D eigenvalue weighted by Gasteiger charge is 2.15. The van der Waals surface area contributed by atoms with Crippen molar-refractivity contribution in [3.8, 4) is 0 Å². The fourth-order valence-corrected chi connectivity index (χ4v) is 1.97. The third-order valence-corrected chi connectivity index (χ3v) is 3.77. The van der Waals surface area contributed by atoms with E-state index in [0.29, 0.717) is 6.04 Å². The SMILES string of the molecule is CC1CCN(CCNC(C)C(C)C)CC1. The summed E-state index contributed by atoms with van der Waals surface area (Å²) in [7, 11) is 0. The molecule has 0 amide bonds. The first-order chi connectivity index (χ1) is 7.09. The minimum absolute atomic E-state index is 0.647. The molecule has 0 aromatic rings. The molecule has 0 saturated carbocycles. The van der Waals surface area contributed by atoms with Crippen LogP contribution in [0.5, 0.6) is 0 Å². The molecule has 1 fully saturated rings. The van der Waals surface area contributed by atoms with Gasteiger partial charge in [-0.25, -0.2) is 0 Å². The maximum Gasteiger partial charge on any atom is 0.0107 e. The summed E-state index contributed by atoms with van der Waals surface area (Å²) in [6, 6.07) is 0.647. The minimum atomic E-state index is 0.647. The normalized spacial score (nSPS) is 22.2. The van der Waals surface area contributed by atoms with E-state index in [1.54, 1.807) is 0 Å². The Bertz CT molecular complexity index is 160. The van der Waals surface area contributed by atoms with Crippen LogP contribution in [-0.2, 0) is 0 Å². The Labute approximate surface area is 95.4 Å². The van der Waals surface area contributed by atoms with Gasteiger partial charge in [0, 0.05) is 19.1 Å². The summed E-state index contributed by atoms with van der Waals surface area (Å²) in [5, 5.41) is 3.60. The summed E-state index contributed by atoms with van der Waals surface area (Å²) < 4.78 is 0. The van der Waals surface area contributed by atoms with Crippen LogP contribution in [0.1, 0.15) is 40.5 Å². The molecule has 1 rings (SSSR count). The predicted molar refractivity (Wildman–Crippen MR) is 67.1 cm³/mol. The molecule has 1 unspecified atom stereocenters. The summed E-state index contributed by atoms with van der Waals surface area (Å²) in [5.41, 5.74) is 0. The Morgan fingerprint density at radius 1 is 1.20 bits per heavy atom. The van der Waals surface area contributed by atoms with Crippen LogP contribution < -0.4 is 5.32 Å². The molecule has 0 aliphatic carbocycles. The fraction of sp³-hybridized carbons (Fsp3) is 1.00. The molecule has 1 saturated heterocycles. The molecule has 90 valence electrons. The smallest absolute Gasteiger partial charge is 0.0107 e. The highest BCUT2D eigenvalue weighted by Crippen LogP contribution is 2.15. The van der Waals surface area contributed by atoms with E-state index in [4.69, 9.17) is 0 Å². The zero-order valence-electron chi connectivity index (χ0n) is 10.9. The molecule has 0 bridgehead atoms. The van der Waals surface area contributed by atoms with Crippen LogP contribution in [0.2, 0.25) is 0 Å². The number of piperidine rings is 1. The van der Waals surface area contributed by atoms with Crippen LogP contribution in [-0.4, -0.2) is 37.1 Å². The van der Waals surface area contributed by atoms with E-state index in [1.165, 1.54) is 32.5 Å². The number of likely N-dealkylation sites (tertiary alicyclic amines) is 1. The molecular formula is C13H28N2. The van der Waals surface area contributed by atoms with Crippen molar-refractivity contribution < 1.29 is 0 Å². The van der Waals surface area contributed by atoms with Crippen molar-refractivity contribution >= 4 is 0 Å². The van der Waals surface area contributed by atoms with Crippen molar-refractivity contribution in [2.45, 2.75) is 46.6 Å². The van der Waals surface area contributed by atoms with Gasteiger partial charge in [0.2, 0.25) is 0 Å². The molecule has 1 aliphatic heterocycles. The first kappa shape index (κ1) is 13.0. The molecule has 1 aliphatic rings. The van der Waals surface area contributed by atoms with E-state index >= 15 is 0 Å². The van der Waals surface area contributed by atoms with E-state index in [0.717, 1.165) is 18.4 Å². The van der Waals surface area contributed by atoms with Crippen LogP contribution in [0.15, 0.2) is 0 Å². The molecule has 0 aromatic heterocycles. The Morgan fingerprint density at radius 3 is 2.33 bits per heavy atom. The summed E-state index contributed by atoms with van der Waals surface area (Å²) in [6.45, 7) is 14.2. The van der Waals surface area contributed by atoms with E-state index in [2.05, 4.69) is 37.9 Å². The Balaban J connectivity index is 2.05. The highest BCUT2D eigenvalue weighted by molar-refractivity contribution is 4.71. The second-order valence-corrected chi connectivity index (χ2v) is 5.51. The third kappa shape index (κ3) is 4.98. The van der Waals surface area contributed by atoms with Gasteiger partial charge < -0.3 is 10.2 Å². The van der Waals surface area contributed by atoms with Crippen LogP contribution in [0, 0.1) is 11.8 Å². The van der Waals surface area contributed by atoms with Crippen molar-refractivity contribution in [2.24, 2.45) is 11.8 Å². The van der Waals surface area contributed by atoms with Gasteiger partial charge in [-0.15, -0.1) is 0 Å². The monoisotopic (exact) mass is 212 g/mol. The molecule has 2 nitrogen and oxygen atoms in total. The second-order valence-electron chi connectivity index (χ2n) is 5.51. The molecule has 0 spiro atoms. The number of nitrogens with one attached hydrogen (secondary N) is 1. The third-order valence-electron chi connectivity index (χ3n) is 3.77. The Hall–Kier alpha value is -0.0800. The van der Waals surface area contributed by atoms with Gasteiger partial charge in [-0.2, -0.15) is 0 Å². The number of hydrogen-bond acceptors (Lipinski definition) is 2. The van der Waals surface area contributed by atoms with E-state index < -0.39 is 0 Å². The predicted octanol–water partition coefficient (Wildman–Crippen LogP) is 2.35. The van der Waals surface area contributed by atoms with Crippen molar-refractivity contribution in [3.63, 3.8) is 0 Å². The van der Waals surface area contributed by atoms with Gasteiger partial charge in [-0.1, -0.05) is 20.8 Å². The van der Waals surface area contributed by atoms with Gasteiger partial charge in [0.05, 0.1) is 0 Å². The average Bonchev–Trinajstić information content (AvgIpc) is 2.20. The molecule has 1 heterocycles. The van der Waals surface area contributed by atoms with Gasteiger partial charge in [-0.05, 0) is 44.7 Å². The minimum Gasteiger partial charge on any atom is -0.313 e. The average molecular weight is 212 g/mol. The van der Waals surface area contributed by atoms with Crippen LogP contribution >= 0.6 is 0 Å². The number of rotatable bonds is 5. The lowest BCUT2D eigenvalue weighted by molar-refractivity contribution is 0.190. The highest BCUT2D eigenvalue weighted by atomic mass is 15.1. The van der Waals surface area contributed by atoms with Crippen LogP contribution in [0.25, 0.3) is 0 Å². The summed E-state index contributed by atoms with van der Waals surface area (Å²) >= 11 is 0. The van der Waals surface area contributed by atoms with Crippen LogP contribution in [0.3, 0.4) is 0 Å². The van der Waals surface area contributed by atoms with Gasteiger partial charge in [0.15, 0.2) is 0 Å². The molecule has 0 radical (unpaired) electrons. The van der Waals surface area contributed by atoms with E-state index in [-0.39, 0.29) is 0 Å². The fourth-order valence-electron chi connectivity index (χ4n) is 1.97. The first-order valence-electron chi connectivity index (χ1n) is 6.55. The van der Waals surface area contributed by atoms with E-state index in [1.807, 2.05) is 0 Å². The first-order valence-corrected chi connectivity index (χ1v) is 6.55. The summed E-state index contributed by atoms with van der Waals surface area (Å²) in [4.78, 5) is 2.60. The largest absolute Gasteiger partial charge is 0.313 e. The van der Waals surface area contributed by atoms with E-state index in [9.17, 15) is 0 Å². The lowest BCUT2D eigenvalue weighted by Crippen LogP contribution is -2.41. The van der Waals surface area contributed by atoms with Crippen molar-refractivity contribution in [1.82, 2.24) is 10.2 Å². The molecule has 0 aromatic carbocycles. The van der Waals surface area contributed by atoms with Gasteiger partial charge in [-0.3, -0.25) is 0 Å². The zero-order chi connectivity index (χ0) is 11.3. The summed E-state index contributed by atoms with van der Waals surface area (Å²) in [5.74, 6) is 1.69. The topological polar surface area (TPSA) is 15.3 Å².